The van der Waals surface area contributed by atoms with Crippen LogP contribution in [0.25, 0.3) is 0 Å². The first kappa shape index (κ1) is 25.0. The molecule has 3 aromatic carbocycles. The monoisotopic (exact) mass is 519 g/mol. The Kier molecular flexibility index (Phi) is 6.60. The predicted octanol–water partition coefficient (Wildman–Crippen LogP) is 4.15. The summed E-state index contributed by atoms with van der Waals surface area (Å²) in [5, 5.41) is 22.9. The molecule has 0 saturated carbocycles. The topological polar surface area (TPSA) is 132 Å². The number of ether oxygens (including phenoxy) is 2. The van der Waals surface area contributed by atoms with Crippen molar-refractivity contribution in [3.63, 3.8) is 0 Å². The molecule has 0 aromatic heterocycles. The number of nitrogens with zero attached hydrogens (tertiary/aromatic N) is 3. The van der Waals surface area contributed by atoms with Gasteiger partial charge in [0.1, 0.15) is 11.7 Å². The van der Waals surface area contributed by atoms with E-state index in [1.165, 1.54) is 36.4 Å². The molecule has 5 rings (SSSR count). The molecule has 0 bridgehead atoms. The molecule has 2 aliphatic rings. The van der Waals surface area contributed by atoms with Gasteiger partial charge in [-0.05, 0) is 54.4 Å². The molecule has 0 radical (unpaired) electrons. The number of methoxy groups -OCH3 is 1. The first-order valence-electron chi connectivity index (χ1n) is 12.0. The van der Waals surface area contributed by atoms with Crippen LogP contribution in [0.15, 0.2) is 66.7 Å². The highest BCUT2D eigenvalue weighted by Crippen LogP contribution is 2.49. The smallest absolute Gasteiger partial charge is 0.271 e. The summed E-state index contributed by atoms with van der Waals surface area (Å²) in [6.45, 7) is 2.54. The average molecular weight is 520 g/mol. The summed E-state index contributed by atoms with van der Waals surface area (Å²) in [7, 11) is 1.39. The summed E-state index contributed by atoms with van der Waals surface area (Å²) < 4.78 is 10.8. The van der Waals surface area contributed by atoms with Gasteiger partial charge in [-0.1, -0.05) is 19.1 Å². The zero-order valence-electron chi connectivity index (χ0n) is 20.6. The van der Waals surface area contributed by atoms with E-state index in [0.29, 0.717) is 29.3 Å². The Bertz CT molecular complexity index is 1390. The van der Waals surface area contributed by atoms with Gasteiger partial charge in [-0.25, -0.2) is 9.96 Å². The van der Waals surface area contributed by atoms with Gasteiger partial charge in [0.05, 0.1) is 36.1 Å². The number of nitro benzene ring substituents is 1. The van der Waals surface area contributed by atoms with Gasteiger partial charge >= 0.3 is 0 Å². The van der Waals surface area contributed by atoms with E-state index in [0.717, 1.165) is 11.3 Å². The van der Waals surface area contributed by atoms with Crippen LogP contribution in [0.1, 0.15) is 24.9 Å². The van der Waals surface area contributed by atoms with Crippen LogP contribution in [-0.2, 0) is 14.4 Å². The van der Waals surface area contributed by atoms with Gasteiger partial charge in [0.2, 0.25) is 5.91 Å². The van der Waals surface area contributed by atoms with Crippen LogP contribution in [0, 0.1) is 16.0 Å². The molecule has 11 nitrogen and oxygen atoms in total. The lowest BCUT2D eigenvalue weighted by atomic mass is 9.90. The molecule has 1 N–H and O–H groups in total. The highest BCUT2D eigenvalue weighted by atomic mass is 16.7. The lowest BCUT2D eigenvalue weighted by molar-refractivity contribution is -0.384. The van der Waals surface area contributed by atoms with E-state index in [2.05, 4.69) is 0 Å². The van der Waals surface area contributed by atoms with Crippen LogP contribution in [0.3, 0.4) is 0 Å². The van der Waals surface area contributed by atoms with E-state index in [4.69, 9.17) is 14.3 Å². The molecule has 3 atom stereocenters. The van der Waals surface area contributed by atoms with E-state index >= 15 is 0 Å². The zero-order valence-corrected chi connectivity index (χ0v) is 20.6. The molecule has 2 heterocycles. The molecular weight excluding hydrogens is 494 g/mol. The van der Waals surface area contributed by atoms with E-state index < -0.39 is 34.8 Å². The molecular formula is C27H25N3O8. The highest BCUT2D eigenvalue weighted by molar-refractivity contribution is 6.24. The molecule has 11 heteroatoms. The SMILES string of the molecule is CCCOc1ccc(N2C(=O)[C@H]3[C@@H](ON(c4cccc([N+](=O)[O-])c4)[C@H]3c3ccc(O)c(OC)c3)C2=O)cc1. The van der Waals surface area contributed by atoms with E-state index in [9.17, 15) is 24.8 Å². The number of phenols is 1. The number of amides is 2. The average Bonchev–Trinajstić information content (AvgIpc) is 3.44. The Morgan fingerprint density at radius 2 is 1.79 bits per heavy atom. The second kappa shape index (κ2) is 10.0. The molecule has 2 aliphatic heterocycles. The minimum atomic E-state index is -1.16. The van der Waals surface area contributed by atoms with E-state index in [1.54, 1.807) is 42.5 Å². The van der Waals surface area contributed by atoms with Crippen LogP contribution < -0.4 is 19.4 Å². The standard InChI is InChI=1S/C27H25N3O8/c1-3-13-37-20-10-8-17(9-11-20)28-26(32)23-24(16-7-12-21(31)22(14-16)36-2)29(38-25(23)27(28)33)18-5-4-6-19(15-18)30(34)35/h4-12,14-15,23-25,31H,3,13H2,1-2H3/t23-,24+,25-/m1/s1. The van der Waals surface area contributed by atoms with Gasteiger partial charge in [0.15, 0.2) is 17.6 Å². The molecule has 38 heavy (non-hydrogen) atoms. The number of fused-ring (bicyclic) bond motifs is 1. The third kappa shape index (κ3) is 4.26. The van der Waals surface area contributed by atoms with Crippen LogP contribution >= 0.6 is 0 Å². The number of aromatic hydroxyl groups is 1. The van der Waals surface area contributed by atoms with Gasteiger partial charge in [-0.3, -0.25) is 24.5 Å². The second-order valence-electron chi connectivity index (χ2n) is 8.88. The fraction of sp³-hybridized carbons (Fsp3) is 0.259. The normalized spacial score (nSPS) is 20.5. The summed E-state index contributed by atoms with van der Waals surface area (Å²) in [4.78, 5) is 45.3. The van der Waals surface area contributed by atoms with Crippen molar-refractivity contribution in [3.05, 3.63) is 82.4 Å². The molecule has 0 unspecified atom stereocenters. The number of hydrogen-bond donors (Lipinski definition) is 1. The maximum Gasteiger partial charge on any atom is 0.271 e. The first-order valence-corrected chi connectivity index (χ1v) is 12.0. The van der Waals surface area contributed by atoms with Crippen molar-refractivity contribution < 1.29 is 33.9 Å². The quantitative estimate of drug-likeness (QED) is 0.265. The number of hydrogen-bond acceptors (Lipinski definition) is 9. The summed E-state index contributed by atoms with van der Waals surface area (Å²) in [5.41, 5.74) is 1.03. The molecule has 0 spiro atoms. The van der Waals surface area contributed by atoms with Gasteiger partial charge in [-0.2, -0.15) is 0 Å². The van der Waals surface area contributed by atoms with Crippen molar-refractivity contribution in [1.29, 1.82) is 0 Å². The van der Waals surface area contributed by atoms with Crippen molar-refractivity contribution in [2.45, 2.75) is 25.5 Å². The fourth-order valence-electron chi connectivity index (χ4n) is 4.76. The van der Waals surface area contributed by atoms with Crippen LogP contribution in [0.2, 0.25) is 0 Å². The lowest BCUT2D eigenvalue weighted by Gasteiger charge is -2.29. The number of non-ortho nitro benzene ring substituents is 1. The summed E-state index contributed by atoms with van der Waals surface area (Å²) >= 11 is 0. The number of carbonyl (C=O) groups excluding carboxylic acids is 2. The number of hydroxylamine groups is 1. The molecule has 2 saturated heterocycles. The minimum absolute atomic E-state index is 0.102. The second-order valence-corrected chi connectivity index (χ2v) is 8.88. The maximum atomic E-state index is 13.8. The molecule has 3 aromatic rings. The number of carbonyl (C=O) groups is 2. The lowest BCUT2D eigenvalue weighted by Crippen LogP contribution is -2.37. The third-order valence-electron chi connectivity index (χ3n) is 6.52. The minimum Gasteiger partial charge on any atom is -0.504 e. The summed E-state index contributed by atoms with van der Waals surface area (Å²) in [6.07, 6.45) is -0.321. The molecule has 2 fully saturated rings. The van der Waals surface area contributed by atoms with Crippen molar-refractivity contribution in [2.24, 2.45) is 5.92 Å². The van der Waals surface area contributed by atoms with Gasteiger partial charge in [-0.15, -0.1) is 0 Å². The highest BCUT2D eigenvalue weighted by Gasteiger charge is 2.60. The fourth-order valence-corrected chi connectivity index (χ4v) is 4.76. The molecule has 196 valence electrons. The summed E-state index contributed by atoms with van der Waals surface area (Å²) in [6, 6.07) is 16.1. The zero-order chi connectivity index (χ0) is 27.0. The molecule has 2 amide bonds. The number of phenolic OH excluding ortho intramolecular Hbond substituents is 1. The number of imide groups is 1. The van der Waals surface area contributed by atoms with E-state index in [-0.39, 0.29) is 17.2 Å². The van der Waals surface area contributed by atoms with E-state index in [1.807, 2.05) is 6.92 Å². The Morgan fingerprint density at radius 1 is 1.03 bits per heavy atom. The number of rotatable bonds is 8. The van der Waals surface area contributed by atoms with Crippen molar-refractivity contribution in [1.82, 2.24) is 0 Å². The van der Waals surface area contributed by atoms with Gasteiger partial charge in [0.25, 0.3) is 11.6 Å². The van der Waals surface area contributed by atoms with Crippen LogP contribution in [-0.4, -0.2) is 41.7 Å². The summed E-state index contributed by atoms with van der Waals surface area (Å²) in [5.74, 6) is -1.31. The van der Waals surface area contributed by atoms with Crippen LogP contribution in [0.5, 0.6) is 17.2 Å². The van der Waals surface area contributed by atoms with Crippen molar-refractivity contribution in [2.75, 3.05) is 23.7 Å². The van der Waals surface area contributed by atoms with Crippen molar-refractivity contribution >= 4 is 28.9 Å². The molecule has 0 aliphatic carbocycles. The number of nitro groups is 1. The third-order valence-corrected chi connectivity index (χ3v) is 6.52. The van der Waals surface area contributed by atoms with Crippen LogP contribution in [0.4, 0.5) is 17.1 Å². The Hall–Kier alpha value is -4.64. The maximum absolute atomic E-state index is 13.8. The van der Waals surface area contributed by atoms with Gasteiger partial charge in [0, 0.05) is 12.1 Å². The van der Waals surface area contributed by atoms with Crippen molar-refractivity contribution in [3.8, 4) is 17.2 Å². The Morgan fingerprint density at radius 3 is 2.47 bits per heavy atom. The first-order chi connectivity index (χ1) is 18.3. The Labute approximate surface area is 217 Å². The van der Waals surface area contributed by atoms with Gasteiger partial charge < -0.3 is 14.6 Å². The Balaban J connectivity index is 1.55. The number of anilines is 2. The predicted molar refractivity (Wildman–Crippen MR) is 136 cm³/mol. The largest absolute Gasteiger partial charge is 0.504 e. The number of benzene rings is 3.